The van der Waals surface area contributed by atoms with Gasteiger partial charge in [0.25, 0.3) is 11.8 Å². The topological polar surface area (TPSA) is 103 Å². The van der Waals surface area contributed by atoms with Gasteiger partial charge in [-0.3, -0.25) is 24.5 Å². The van der Waals surface area contributed by atoms with Crippen LogP contribution in [-0.4, -0.2) is 69.9 Å². The average Bonchev–Trinajstić information content (AvgIpc) is 3.17. The number of amides is 2. The minimum Gasteiger partial charge on any atom is -0.356 e. The summed E-state index contributed by atoms with van der Waals surface area (Å²) in [5.41, 5.74) is 6.40. The van der Waals surface area contributed by atoms with Crippen molar-refractivity contribution in [2.75, 3.05) is 31.1 Å². The Morgan fingerprint density at radius 2 is 1.31 bits per heavy atom. The van der Waals surface area contributed by atoms with Crippen molar-refractivity contribution in [3.63, 3.8) is 0 Å². The van der Waals surface area contributed by atoms with Gasteiger partial charge in [-0.25, -0.2) is 9.37 Å². The Kier molecular flexibility index (Phi) is 10.4. The van der Waals surface area contributed by atoms with E-state index in [0.29, 0.717) is 22.3 Å². The van der Waals surface area contributed by atoms with E-state index in [4.69, 9.17) is 4.98 Å². The van der Waals surface area contributed by atoms with Gasteiger partial charge >= 0.3 is 0 Å². The van der Waals surface area contributed by atoms with Crippen LogP contribution in [0.2, 0.25) is 0 Å². The number of anilines is 1. The lowest BCUT2D eigenvalue weighted by Gasteiger charge is -2.34. The number of benzene rings is 2. The summed E-state index contributed by atoms with van der Waals surface area (Å²) in [4.78, 5) is 44.0. The Morgan fingerprint density at radius 1 is 0.725 bits per heavy atom. The van der Waals surface area contributed by atoms with E-state index in [1.54, 1.807) is 36.8 Å². The van der Waals surface area contributed by atoms with Crippen molar-refractivity contribution in [2.45, 2.75) is 51.2 Å². The lowest BCUT2D eigenvalue weighted by Crippen LogP contribution is -2.45. The summed E-state index contributed by atoms with van der Waals surface area (Å²) in [5.74, 6) is 0.343. The molecular weight excluding hydrogens is 641 g/mol. The van der Waals surface area contributed by atoms with E-state index in [0.717, 1.165) is 86.5 Å². The number of pyridine rings is 3. The fourth-order valence-corrected chi connectivity index (χ4v) is 6.99. The average molecular weight is 684 g/mol. The van der Waals surface area contributed by atoms with Gasteiger partial charge in [0.1, 0.15) is 11.6 Å². The van der Waals surface area contributed by atoms with Crippen LogP contribution < -0.4 is 15.5 Å². The Labute approximate surface area is 298 Å². The quantitative estimate of drug-likeness (QED) is 0.184. The molecule has 9 nitrogen and oxygen atoms in total. The standard InChI is InChI=1S/C41H42FN7O2/c1-28-6-8-30(22-36(28)32-4-2-16-43-25-32)40(50)47-35-14-20-49(21-15-35)39-11-7-29(24-45-39)27-48-18-12-34(13-19-48)46-41(51)31-9-10-38(42)37(23-31)33-5-3-17-44-26-33/h2-11,16-17,22-26,34-35H,12-15,18-21,27H2,1H3,(H,46,51)(H,47,50). The number of carbonyl (C=O) groups is 2. The molecule has 0 saturated carbocycles. The zero-order valence-corrected chi connectivity index (χ0v) is 28.8. The molecule has 0 spiro atoms. The van der Waals surface area contributed by atoms with Crippen LogP contribution in [0.3, 0.4) is 0 Å². The number of nitrogens with zero attached hydrogens (tertiary/aromatic N) is 5. The van der Waals surface area contributed by atoms with Gasteiger partial charge in [-0.15, -0.1) is 0 Å². The van der Waals surface area contributed by atoms with Crippen molar-refractivity contribution in [1.82, 2.24) is 30.5 Å². The number of aryl methyl sites for hydroxylation is 1. The van der Waals surface area contributed by atoms with Crippen LogP contribution in [0.4, 0.5) is 10.2 Å². The molecule has 0 bridgehead atoms. The van der Waals surface area contributed by atoms with Gasteiger partial charge in [-0.1, -0.05) is 24.3 Å². The number of halogens is 1. The predicted molar refractivity (Wildman–Crippen MR) is 197 cm³/mol. The molecule has 5 aromatic rings. The van der Waals surface area contributed by atoms with Crippen LogP contribution in [0.5, 0.6) is 0 Å². The molecule has 0 aliphatic carbocycles. The van der Waals surface area contributed by atoms with Gasteiger partial charge in [0.05, 0.1) is 0 Å². The number of nitrogens with one attached hydrogen (secondary N) is 2. The van der Waals surface area contributed by atoms with E-state index in [-0.39, 0.29) is 29.7 Å². The summed E-state index contributed by atoms with van der Waals surface area (Å²) in [6.07, 6.45) is 12.2. The van der Waals surface area contributed by atoms with E-state index in [9.17, 15) is 14.0 Å². The second-order valence-electron chi connectivity index (χ2n) is 13.5. The number of piperidine rings is 2. The predicted octanol–water partition coefficient (Wildman–Crippen LogP) is 6.45. The van der Waals surface area contributed by atoms with E-state index in [1.807, 2.05) is 49.6 Å². The zero-order chi connectivity index (χ0) is 35.2. The summed E-state index contributed by atoms with van der Waals surface area (Å²) in [6.45, 7) is 6.23. The fourth-order valence-electron chi connectivity index (χ4n) is 6.99. The van der Waals surface area contributed by atoms with Gasteiger partial charge in [0, 0.05) is 104 Å². The molecule has 0 radical (unpaired) electrons. The minimum atomic E-state index is -0.379. The normalized spacial score (nSPS) is 15.8. The summed E-state index contributed by atoms with van der Waals surface area (Å²) in [5, 5.41) is 6.39. The van der Waals surface area contributed by atoms with Crippen LogP contribution >= 0.6 is 0 Å². The van der Waals surface area contributed by atoms with Crippen LogP contribution in [0.25, 0.3) is 22.3 Å². The monoisotopic (exact) mass is 683 g/mol. The van der Waals surface area contributed by atoms with Gasteiger partial charge in [0.15, 0.2) is 0 Å². The highest BCUT2D eigenvalue weighted by atomic mass is 19.1. The maximum atomic E-state index is 14.5. The Hall–Kier alpha value is -5.48. The first-order valence-corrected chi connectivity index (χ1v) is 17.6. The molecule has 5 heterocycles. The van der Waals surface area contributed by atoms with Crippen molar-refractivity contribution in [2.24, 2.45) is 0 Å². The number of carbonyl (C=O) groups excluding carboxylic acids is 2. The first kappa shape index (κ1) is 34.0. The van der Waals surface area contributed by atoms with Crippen LogP contribution in [0, 0.1) is 12.7 Å². The highest BCUT2D eigenvalue weighted by Gasteiger charge is 2.24. The van der Waals surface area contributed by atoms with Crippen molar-refractivity contribution in [1.29, 1.82) is 0 Å². The van der Waals surface area contributed by atoms with E-state index in [2.05, 4.69) is 42.5 Å². The molecule has 10 heteroatoms. The molecule has 2 saturated heterocycles. The lowest BCUT2D eigenvalue weighted by molar-refractivity contribution is 0.0906. The highest BCUT2D eigenvalue weighted by molar-refractivity contribution is 5.96. The first-order valence-electron chi connectivity index (χ1n) is 17.6. The van der Waals surface area contributed by atoms with Crippen LogP contribution in [0.1, 0.15) is 57.5 Å². The molecule has 2 N–H and O–H groups in total. The van der Waals surface area contributed by atoms with Crippen molar-refractivity contribution >= 4 is 17.6 Å². The largest absolute Gasteiger partial charge is 0.356 e. The summed E-state index contributed by atoms with van der Waals surface area (Å²) in [7, 11) is 0. The second-order valence-corrected chi connectivity index (χ2v) is 13.5. The molecule has 2 aliphatic rings. The maximum Gasteiger partial charge on any atom is 0.251 e. The van der Waals surface area contributed by atoms with Gasteiger partial charge < -0.3 is 15.5 Å². The molecule has 0 atom stereocenters. The SMILES string of the molecule is Cc1ccc(C(=O)NC2CCN(c3ccc(CN4CCC(NC(=O)c5ccc(F)c(-c6cccnc6)c5)CC4)cn3)CC2)cc1-c1cccnc1. The van der Waals surface area contributed by atoms with Crippen LogP contribution in [0.15, 0.2) is 104 Å². The third-order valence-corrected chi connectivity index (χ3v) is 9.97. The smallest absolute Gasteiger partial charge is 0.251 e. The molecule has 2 aliphatic heterocycles. The molecule has 7 rings (SSSR count). The number of rotatable bonds is 9. The fraction of sp³-hybridized carbons (Fsp3) is 0.293. The Bertz CT molecular complexity index is 1960. The number of hydrogen-bond acceptors (Lipinski definition) is 7. The lowest BCUT2D eigenvalue weighted by atomic mass is 9.98. The Balaban J connectivity index is 0.853. The van der Waals surface area contributed by atoms with Gasteiger partial charge in [-0.2, -0.15) is 0 Å². The van der Waals surface area contributed by atoms with E-state index < -0.39 is 0 Å². The van der Waals surface area contributed by atoms with Gasteiger partial charge in [0.2, 0.25) is 0 Å². The summed E-state index contributed by atoms with van der Waals surface area (Å²) < 4.78 is 14.5. The number of aromatic nitrogens is 3. The third-order valence-electron chi connectivity index (χ3n) is 9.97. The first-order chi connectivity index (χ1) is 24.9. The third kappa shape index (κ3) is 8.29. The molecule has 3 aromatic heterocycles. The molecule has 2 amide bonds. The zero-order valence-electron chi connectivity index (χ0n) is 28.8. The molecule has 2 fully saturated rings. The van der Waals surface area contributed by atoms with Crippen molar-refractivity contribution in [3.8, 4) is 22.3 Å². The maximum absolute atomic E-state index is 14.5. The van der Waals surface area contributed by atoms with Crippen molar-refractivity contribution < 1.29 is 14.0 Å². The van der Waals surface area contributed by atoms with Gasteiger partial charge in [-0.05, 0) is 97.8 Å². The minimum absolute atomic E-state index is 0.0456. The highest BCUT2D eigenvalue weighted by Crippen LogP contribution is 2.26. The van der Waals surface area contributed by atoms with Crippen LogP contribution in [-0.2, 0) is 6.54 Å². The number of hydrogen-bond donors (Lipinski definition) is 2. The van der Waals surface area contributed by atoms with E-state index in [1.165, 1.54) is 12.1 Å². The van der Waals surface area contributed by atoms with E-state index >= 15 is 0 Å². The molecular formula is C41H42FN7O2. The molecule has 0 unspecified atom stereocenters. The Morgan fingerprint density at radius 3 is 1.90 bits per heavy atom. The number of likely N-dealkylation sites (tertiary alicyclic amines) is 1. The molecule has 2 aromatic carbocycles. The molecule has 260 valence electrons. The summed E-state index contributed by atoms with van der Waals surface area (Å²) in [6, 6.07) is 22.2. The second kappa shape index (κ2) is 15.6. The summed E-state index contributed by atoms with van der Waals surface area (Å²) >= 11 is 0. The molecule has 51 heavy (non-hydrogen) atoms. The van der Waals surface area contributed by atoms with Crippen molar-refractivity contribution in [3.05, 3.63) is 132 Å².